The highest BCUT2D eigenvalue weighted by Crippen LogP contribution is 2.44. The van der Waals surface area contributed by atoms with Gasteiger partial charge in [-0.2, -0.15) is 0 Å². The summed E-state index contributed by atoms with van der Waals surface area (Å²) in [5, 5.41) is 0. The van der Waals surface area contributed by atoms with E-state index in [-0.39, 0.29) is 23.7 Å². The molecule has 1 aromatic rings. The van der Waals surface area contributed by atoms with E-state index >= 15 is 0 Å². The van der Waals surface area contributed by atoms with Crippen molar-refractivity contribution in [1.82, 2.24) is 4.90 Å². The van der Waals surface area contributed by atoms with Crippen molar-refractivity contribution in [3.63, 3.8) is 0 Å². The van der Waals surface area contributed by atoms with Crippen LogP contribution in [-0.4, -0.2) is 29.7 Å². The van der Waals surface area contributed by atoms with E-state index in [4.69, 9.17) is 4.74 Å². The monoisotopic (exact) mass is 459 g/mol. The largest absolute Gasteiger partial charge is 0.446 e. The molecule has 2 fully saturated rings. The van der Waals surface area contributed by atoms with Crippen LogP contribution in [0.5, 0.6) is 0 Å². The predicted molar refractivity (Wildman–Crippen MR) is 121 cm³/mol. The third kappa shape index (κ3) is 4.28. The number of likely N-dealkylation sites (tertiary alicyclic amines) is 1. The Morgan fingerprint density at radius 3 is 2.66 bits per heavy atom. The molecule has 1 aromatic carbocycles. The molecule has 1 saturated carbocycles. The Balaban J connectivity index is 1.52. The lowest BCUT2D eigenvalue weighted by Crippen LogP contribution is -2.51. The SMILES string of the molecule is C[C@@H]1CC[C@@H](C(C)(C)c2ccccc2)[C@H](OC(=O)N2CC[C@H]3CC=C(Br)[C@@H]2C3)C1. The molecule has 1 heterocycles. The first-order chi connectivity index (χ1) is 13.9. The number of halogens is 1. The molecule has 29 heavy (non-hydrogen) atoms. The van der Waals surface area contributed by atoms with Crippen molar-refractivity contribution in [1.29, 1.82) is 0 Å². The molecule has 1 saturated heterocycles. The number of rotatable bonds is 3. The molecule has 158 valence electrons. The van der Waals surface area contributed by atoms with Gasteiger partial charge in [-0.05, 0) is 54.9 Å². The number of hydrogen-bond donors (Lipinski definition) is 0. The molecule has 0 unspecified atom stereocenters. The lowest BCUT2D eigenvalue weighted by Gasteiger charge is -2.46. The molecule has 2 bridgehead atoms. The Hall–Kier alpha value is -1.29. The summed E-state index contributed by atoms with van der Waals surface area (Å²) < 4.78 is 7.46. The molecule has 0 radical (unpaired) electrons. The number of hydrogen-bond acceptors (Lipinski definition) is 2. The van der Waals surface area contributed by atoms with Gasteiger partial charge < -0.3 is 9.64 Å². The molecule has 3 aliphatic rings. The zero-order valence-corrected chi connectivity index (χ0v) is 19.5. The van der Waals surface area contributed by atoms with Crippen LogP contribution in [0, 0.1) is 17.8 Å². The van der Waals surface area contributed by atoms with Crippen LogP contribution < -0.4 is 0 Å². The third-order valence-electron chi connectivity index (χ3n) is 7.66. The molecule has 2 aliphatic carbocycles. The lowest BCUT2D eigenvalue weighted by atomic mass is 9.64. The van der Waals surface area contributed by atoms with Gasteiger partial charge in [0.15, 0.2) is 0 Å². The Morgan fingerprint density at radius 2 is 1.90 bits per heavy atom. The maximum Gasteiger partial charge on any atom is 0.410 e. The summed E-state index contributed by atoms with van der Waals surface area (Å²) in [5.74, 6) is 1.65. The van der Waals surface area contributed by atoms with E-state index in [1.54, 1.807) is 0 Å². The maximum absolute atomic E-state index is 13.3. The molecule has 1 amide bonds. The fraction of sp³-hybridized carbons (Fsp3) is 0.640. The molecule has 4 rings (SSSR count). The van der Waals surface area contributed by atoms with Crippen LogP contribution in [0.3, 0.4) is 0 Å². The van der Waals surface area contributed by atoms with Gasteiger partial charge in [0.1, 0.15) is 6.10 Å². The van der Waals surface area contributed by atoms with Crippen molar-refractivity contribution in [2.24, 2.45) is 17.8 Å². The third-order valence-corrected chi connectivity index (χ3v) is 8.51. The number of nitrogens with zero attached hydrogens (tertiary/aromatic N) is 1. The van der Waals surface area contributed by atoms with E-state index in [9.17, 15) is 4.79 Å². The lowest BCUT2D eigenvalue weighted by molar-refractivity contribution is -0.0260. The fourth-order valence-electron chi connectivity index (χ4n) is 5.71. The average Bonchev–Trinajstić information content (AvgIpc) is 2.71. The highest BCUT2D eigenvalue weighted by Gasteiger charge is 2.44. The fourth-order valence-corrected chi connectivity index (χ4v) is 6.33. The Labute approximate surface area is 184 Å². The van der Waals surface area contributed by atoms with E-state index in [0.29, 0.717) is 17.8 Å². The number of carbonyl (C=O) groups is 1. The van der Waals surface area contributed by atoms with Crippen molar-refractivity contribution in [3.8, 4) is 0 Å². The first-order valence-corrected chi connectivity index (χ1v) is 12.0. The van der Waals surface area contributed by atoms with Gasteiger partial charge in [-0.3, -0.25) is 0 Å². The number of allylic oxidation sites excluding steroid dienone is 1. The second-order valence-electron chi connectivity index (χ2n) is 9.96. The minimum Gasteiger partial charge on any atom is -0.446 e. The number of ether oxygens (including phenoxy) is 1. The zero-order chi connectivity index (χ0) is 20.6. The highest BCUT2D eigenvalue weighted by molar-refractivity contribution is 9.11. The van der Waals surface area contributed by atoms with Crippen LogP contribution in [-0.2, 0) is 10.2 Å². The molecular weight excluding hydrogens is 426 g/mol. The standard InChI is InChI=1S/C25H34BrNO2/c1-17-9-11-20(25(2,3)19-7-5-4-6-8-19)23(15-17)29-24(28)27-14-13-18-10-12-21(26)22(27)16-18/h4-8,12,17-18,20,22-23H,9-11,13-16H2,1-3H3/t17-,18-,20-,22+,23-/m1/s1. The normalized spacial score (nSPS) is 32.5. The van der Waals surface area contributed by atoms with Crippen LogP contribution in [0.25, 0.3) is 0 Å². The summed E-state index contributed by atoms with van der Waals surface area (Å²) >= 11 is 3.71. The van der Waals surface area contributed by atoms with E-state index in [2.05, 4.69) is 73.1 Å². The summed E-state index contributed by atoms with van der Waals surface area (Å²) in [7, 11) is 0. The van der Waals surface area contributed by atoms with E-state index < -0.39 is 0 Å². The van der Waals surface area contributed by atoms with Gasteiger partial charge in [-0.25, -0.2) is 4.79 Å². The molecular formula is C25H34BrNO2. The molecule has 0 spiro atoms. The van der Waals surface area contributed by atoms with Gasteiger partial charge >= 0.3 is 6.09 Å². The Morgan fingerprint density at radius 1 is 1.14 bits per heavy atom. The van der Waals surface area contributed by atoms with E-state index in [1.807, 2.05) is 4.90 Å². The topological polar surface area (TPSA) is 29.5 Å². The van der Waals surface area contributed by atoms with Crippen LogP contribution >= 0.6 is 15.9 Å². The van der Waals surface area contributed by atoms with Crippen LogP contribution in [0.4, 0.5) is 4.79 Å². The summed E-state index contributed by atoms with van der Waals surface area (Å²) in [6, 6.07) is 10.9. The van der Waals surface area contributed by atoms with Crippen molar-refractivity contribution < 1.29 is 9.53 Å². The quantitative estimate of drug-likeness (QED) is 0.504. The minimum absolute atomic E-state index is 0.0227. The van der Waals surface area contributed by atoms with Gasteiger partial charge in [-0.1, -0.05) is 79.5 Å². The number of benzene rings is 1. The number of piperidine rings is 1. The van der Waals surface area contributed by atoms with Crippen LogP contribution in [0.2, 0.25) is 0 Å². The minimum atomic E-state index is -0.117. The Kier molecular flexibility index (Phi) is 6.11. The van der Waals surface area contributed by atoms with Gasteiger partial charge in [0.25, 0.3) is 0 Å². The van der Waals surface area contributed by atoms with Crippen molar-refractivity contribution in [2.45, 2.75) is 76.9 Å². The maximum atomic E-state index is 13.3. The summed E-state index contributed by atoms with van der Waals surface area (Å²) in [6.07, 6.45) is 8.67. The predicted octanol–water partition coefficient (Wildman–Crippen LogP) is 6.67. The van der Waals surface area contributed by atoms with Gasteiger partial charge in [0.05, 0.1) is 6.04 Å². The second kappa shape index (κ2) is 8.45. The van der Waals surface area contributed by atoms with E-state index in [0.717, 1.165) is 43.1 Å². The van der Waals surface area contributed by atoms with Crippen molar-refractivity contribution >= 4 is 22.0 Å². The summed E-state index contributed by atoms with van der Waals surface area (Å²) in [6.45, 7) is 7.73. The van der Waals surface area contributed by atoms with Crippen LogP contribution in [0.1, 0.15) is 64.9 Å². The first-order valence-electron chi connectivity index (χ1n) is 11.2. The van der Waals surface area contributed by atoms with Crippen molar-refractivity contribution in [2.75, 3.05) is 6.54 Å². The van der Waals surface area contributed by atoms with Gasteiger partial charge in [0.2, 0.25) is 0 Å². The number of carbonyl (C=O) groups excluding carboxylic acids is 1. The molecule has 4 heteroatoms. The van der Waals surface area contributed by atoms with Crippen LogP contribution in [0.15, 0.2) is 40.9 Å². The summed E-state index contributed by atoms with van der Waals surface area (Å²) in [5.41, 5.74) is 1.31. The van der Waals surface area contributed by atoms with E-state index in [1.165, 1.54) is 12.0 Å². The molecule has 5 atom stereocenters. The Bertz CT molecular complexity index is 759. The first kappa shape index (κ1) is 21.0. The van der Waals surface area contributed by atoms with Gasteiger partial charge in [0, 0.05) is 16.9 Å². The molecule has 0 N–H and O–H groups in total. The van der Waals surface area contributed by atoms with Gasteiger partial charge in [-0.15, -0.1) is 0 Å². The smallest absolute Gasteiger partial charge is 0.410 e. The molecule has 1 aliphatic heterocycles. The molecule has 3 nitrogen and oxygen atoms in total. The highest BCUT2D eigenvalue weighted by atomic mass is 79.9. The summed E-state index contributed by atoms with van der Waals surface area (Å²) in [4.78, 5) is 15.3. The van der Waals surface area contributed by atoms with Crippen molar-refractivity contribution in [3.05, 3.63) is 46.5 Å². The zero-order valence-electron chi connectivity index (χ0n) is 17.9. The average molecular weight is 460 g/mol. The number of amides is 1. The molecule has 0 aromatic heterocycles. The number of fused-ring (bicyclic) bond motifs is 2. The second-order valence-corrected chi connectivity index (χ2v) is 10.9.